The molecular weight excluding hydrogens is 220 g/mol. The Hall–Kier alpha value is -1.02. The van der Waals surface area contributed by atoms with Gasteiger partial charge >= 0.3 is 0 Å². The Kier molecular flexibility index (Phi) is 4.28. The molecule has 100 valence electrons. The van der Waals surface area contributed by atoms with E-state index in [4.69, 9.17) is 5.73 Å². The van der Waals surface area contributed by atoms with Gasteiger partial charge in [-0.2, -0.15) is 0 Å². The number of anilines is 1. The topological polar surface area (TPSA) is 38.0 Å². The lowest BCUT2D eigenvalue weighted by atomic mass is 9.89. The first kappa shape index (κ1) is 13.4. The van der Waals surface area contributed by atoms with Crippen molar-refractivity contribution in [1.29, 1.82) is 0 Å². The van der Waals surface area contributed by atoms with Crippen LogP contribution in [0.4, 0.5) is 5.69 Å². The number of benzene rings is 1. The molecule has 1 aliphatic carbocycles. The second-order valence-electron chi connectivity index (χ2n) is 6.02. The van der Waals surface area contributed by atoms with Crippen LogP contribution in [0.15, 0.2) is 24.3 Å². The zero-order valence-corrected chi connectivity index (χ0v) is 11.7. The number of nitrogens with one attached hydrogen (secondary N) is 1. The maximum atomic E-state index is 6.08. The molecule has 2 nitrogen and oxygen atoms in total. The number of hydrogen-bond donors (Lipinski definition) is 2. The zero-order chi connectivity index (χ0) is 13.0. The summed E-state index contributed by atoms with van der Waals surface area (Å²) in [6.07, 6.45) is 6.31. The normalized spacial score (nSPS) is 28.7. The first-order chi connectivity index (χ1) is 8.63. The molecule has 0 aromatic heterocycles. The number of rotatable bonds is 3. The third kappa shape index (κ3) is 3.26. The molecule has 1 aliphatic rings. The predicted molar refractivity (Wildman–Crippen MR) is 78.8 cm³/mol. The van der Waals surface area contributed by atoms with Crippen molar-refractivity contribution in [1.82, 2.24) is 0 Å². The minimum atomic E-state index is 0.110. The zero-order valence-electron chi connectivity index (χ0n) is 11.7. The third-order valence-electron chi connectivity index (χ3n) is 4.29. The van der Waals surface area contributed by atoms with Crippen LogP contribution >= 0.6 is 0 Å². The number of nitrogens with two attached hydrogens (primary N) is 1. The van der Waals surface area contributed by atoms with E-state index in [2.05, 4.69) is 43.4 Å². The van der Waals surface area contributed by atoms with Gasteiger partial charge in [-0.05, 0) is 49.8 Å². The van der Waals surface area contributed by atoms with E-state index in [0.29, 0.717) is 0 Å². The van der Waals surface area contributed by atoms with Crippen LogP contribution in [0.3, 0.4) is 0 Å². The Morgan fingerprint density at radius 3 is 2.89 bits per heavy atom. The molecule has 0 radical (unpaired) electrons. The second-order valence-corrected chi connectivity index (χ2v) is 6.02. The molecule has 18 heavy (non-hydrogen) atoms. The van der Waals surface area contributed by atoms with Gasteiger partial charge in [-0.15, -0.1) is 0 Å². The van der Waals surface area contributed by atoms with Gasteiger partial charge in [0.05, 0.1) is 0 Å². The Bertz CT molecular complexity index is 388. The second kappa shape index (κ2) is 5.75. The van der Waals surface area contributed by atoms with Gasteiger partial charge in [0.2, 0.25) is 0 Å². The Morgan fingerprint density at radius 2 is 2.17 bits per heavy atom. The van der Waals surface area contributed by atoms with Crippen molar-refractivity contribution in [3.05, 3.63) is 29.8 Å². The minimum Gasteiger partial charge on any atom is -0.378 e. The lowest BCUT2D eigenvalue weighted by Crippen LogP contribution is -2.45. The number of hydrogen-bond acceptors (Lipinski definition) is 2. The molecule has 2 rings (SSSR count). The van der Waals surface area contributed by atoms with Crippen LogP contribution in [0.2, 0.25) is 0 Å². The molecule has 0 spiro atoms. The fourth-order valence-electron chi connectivity index (χ4n) is 2.99. The molecule has 2 heteroatoms. The molecule has 1 aromatic carbocycles. The van der Waals surface area contributed by atoms with Gasteiger partial charge in [-0.3, -0.25) is 0 Å². The number of aryl methyl sites for hydroxylation is 1. The van der Waals surface area contributed by atoms with Gasteiger partial charge in [-0.1, -0.05) is 31.9 Å². The first-order valence-electron chi connectivity index (χ1n) is 7.18. The van der Waals surface area contributed by atoms with Crippen molar-refractivity contribution >= 4 is 5.69 Å². The van der Waals surface area contributed by atoms with Gasteiger partial charge in [-0.25, -0.2) is 0 Å². The maximum Gasteiger partial charge on any atom is 0.0495 e. The van der Waals surface area contributed by atoms with E-state index in [9.17, 15) is 0 Å². The van der Waals surface area contributed by atoms with E-state index in [-0.39, 0.29) is 5.54 Å². The van der Waals surface area contributed by atoms with E-state index < -0.39 is 0 Å². The minimum absolute atomic E-state index is 0.110. The average molecular weight is 246 g/mol. The van der Waals surface area contributed by atoms with Gasteiger partial charge in [0.1, 0.15) is 0 Å². The van der Waals surface area contributed by atoms with Crippen LogP contribution in [-0.4, -0.2) is 12.1 Å². The van der Waals surface area contributed by atoms with E-state index in [1.54, 1.807) is 0 Å². The van der Waals surface area contributed by atoms with Crippen LogP contribution in [0, 0.1) is 12.8 Å². The molecule has 2 unspecified atom stereocenters. The molecule has 0 heterocycles. The molecule has 0 bridgehead atoms. The van der Waals surface area contributed by atoms with Crippen molar-refractivity contribution in [3.8, 4) is 0 Å². The van der Waals surface area contributed by atoms with Crippen molar-refractivity contribution in [2.75, 3.05) is 11.9 Å². The highest BCUT2D eigenvalue weighted by atomic mass is 15.0. The molecule has 0 aliphatic heterocycles. The molecule has 1 saturated carbocycles. The van der Waals surface area contributed by atoms with E-state index in [1.165, 1.54) is 43.4 Å². The highest BCUT2D eigenvalue weighted by Gasteiger charge is 2.30. The van der Waals surface area contributed by atoms with Crippen LogP contribution in [0.5, 0.6) is 0 Å². The average Bonchev–Trinajstić information content (AvgIpc) is 2.53. The van der Waals surface area contributed by atoms with Gasteiger partial charge in [0.15, 0.2) is 0 Å². The smallest absolute Gasteiger partial charge is 0.0495 e. The maximum absolute atomic E-state index is 6.08. The summed E-state index contributed by atoms with van der Waals surface area (Å²) >= 11 is 0. The SMILES string of the molecule is Cc1cccc(NC2(CN)CCCC(C)CC2)c1. The van der Waals surface area contributed by atoms with E-state index >= 15 is 0 Å². The predicted octanol–water partition coefficient (Wildman–Crippen LogP) is 3.70. The summed E-state index contributed by atoms with van der Waals surface area (Å²) < 4.78 is 0. The van der Waals surface area contributed by atoms with Gasteiger partial charge in [0, 0.05) is 17.8 Å². The van der Waals surface area contributed by atoms with Crippen LogP contribution < -0.4 is 11.1 Å². The summed E-state index contributed by atoms with van der Waals surface area (Å²) in [7, 11) is 0. The fourth-order valence-corrected chi connectivity index (χ4v) is 2.99. The molecule has 1 aromatic rings. The third-order valence-corrected chi connectivity index (χ3v) is 4.29. The molecular formula is C16H26N2. The van der Waals surface area contributed by atoms with Crippen molar-refractivity contribution in [2.45, 2.75) is 51.5 Å². The Labute approximate surface area is 111 Å². The summed E-state index contributed by atoms with van der Waals surface area (Å²) in [5, 5.41) is 3.72. The van der Waals surface area contributed by atoms with Crippen molar-refractivity contribution < 1.29 is 0 Å². The lowest BCUT2D eigenvalue weighted by molar-refractivity contribution is 0.409. The lowest BCUT2D eigenvalue weighted by Gasteiger charge is -2.34. The van der Waals surface area contributed by atoms with Crippen LogP contribution in [0.25, 0.3) is 0 Å². The first-order valence-corrected chi connectivity index (χ1v) is 7.18. The largest absolute Gasteiger partial charge is 0.378 e. The quantitative estimate of drug-likeness (QED) is 0.798. The van der Waals surface area contributed by atoms with Crippen LogP contribution in [-0.2, 0) is 0 Å². The summed E-state index contributed by atoms with van der Waals surface area (Å²) in [5.74, 6) is 0.845. The summed E-state index contributed by atoms with van der Waals surface area (Å²) in [5.41, 5.74) is 8.70. The Balaban J connectivity index is 2.12. The monoisotopic (exact) mass is 246 g/mol. The molecule has 0 saturated heterocycles. The summed E-state index contributed by atoms with van der Waals surface area (Å²) in [6.45, 7) is 5.22. The van der Waals surface area contributed by atoms with E-state index in [0.717, 1.165) is 12.5 Å². The summed E-state index contributed by atoms with van der Waals surface area (Å²) in [4.78, 5) is 0. The molecule has 1 fully saturated rings. The molecule has 0 amide bonds. The van der Waals surface area contributed by atoms with Crippen LogP contribution in [0.1, 0.15) is 44.6 Å². The van der Waals surface area contributed by atoms with Crippen molar-refractivity contribution in [2.24, 2.45) is 11.7 Å². The molecule has 3 N–H and O–H groups in total. The highest BCUT2D eigenvalue weighted by molar-refractivity contribution is 5.47. The highest BCUT2D eigenvalue weighted by Crippen LogP contribution is 2.32. The standard InChI is InChI=1S/C16H26N2/c1-13-6-4-9-16(12-17,10-8-13)18-15-7-3-5-14(2)11-15/h3,5,7,11,13,18H,4,6,8-10,12,17H2,1-2H3. The van der Waals surface area contributed by atoms with Gasteiger partial charge < -0.3 is 11.1 Å². The Morgan fingerprint density at radius 1 is 1.33 bits per heavy atom. The van der Waals surface area contributed by atoms with E-state index in [1.807, 2.05) is 0 Å². The fraction of sp³-hybridized carbons (Fsp3) is 0.625. The van der Waals surface area contributed by atoms with Gasteiger partial charge in [0.25, 0.3) is 0 Å². The van der Waals surface area contributed by atoms with Crippen molar-refractivity contribution in [3.63, 3.8) is 0 Å². The molecule has 2 atom stereocenters. The summed E-state index contributed by atoms with van der Waals surface area (Å²) in [6, 6.07) is 8.61.